The van der Waals surface area contributed by atoms with Crippen LogP contribution in [0.4, 0.5) is 14.5 Å². The molecule has 1 fully saturated rings. The van der Waals surface area contributed by atoms with Crippen LogP contribution in [-0.2, 0) is 4.74 Å². The van der Waals surface area contributed by atoms with E-state index in [9.17, 15) is 8.78 Å². The van der Waals surface area contributed by atoms with Gasteiger partial charge in [0.1, 0.15) is 11.6 Å². The molecule has 0 bridgehead atoms. The summed E-state index contributed by atoms with van der Waals surface area (Å²) in [4.78, 5) is 1.92. The number of ether oxygens (including phenoxy) is 1. The number of benzene rings is 1. The van der Waals surface area contributed by atoms with E-state index in [4.69, 9.17) is 4.74 Å². The van der Waals surface area contributed by atoms with E-state index in [1.807, 2.05) is 18.7 Å². The largest absolute Gasteiger partial charge is 0.372 e. The fraction of sp³-hybridized carbons (Fsp3) is 0.538. The second-order valence-electron chi connectivity index (χ2n) is 4.75. The van der Waals surface area contributed by atoms with Crippen LogP contribution >= 0.6 is 0 Å². The number of halogens is 2. The quantitative estimate of drug-likeness (QED) is 0.806. The Kier molecular flexibility index (Phi) is 3.33. The van der Waals surface area contributed by atoms with Crippen molar-refractivity contribution in [1.82, 2.24) is 0 Å². The molecule has 1 saturated heterocycles. The van der Waals surface area contributed by atoms with Crippen molar-refractivity contribution in [2.75, 3.05) is 18.0 Å². The van der Waals surface area contributed by atoms with E-state index in [2.05, 4.69) is 0 Å². The normalized spacial score (nSPS) is 16.5. The van der Waals surface area contributed by atoms with Gasteiger partial charge in [-0.05, 0) is 32.9 Å². The molecule has 0 amide bonds. The first kappa shape index (κ1) is 12.3. The highest BCUT2D eigenvalue weighted by Crippen LogP contribution is 2.26. The molecule has 0 saturated carbocycles. The first-order valence-corrected chi connectivity index (χ1v) is 5.83. The van der Waals surface area contributed by atoms with Gasteiger partial charge in [-0.3, -0.25) is 0 Å². The molecule has 0 unspecified atom stereocenters. The average molecular weight is 241 g/mol. The van der Waals surface area contributed by atoms with Gasteiger partial charge >= 0.3 is 0 Å². The number of rotatable bonds is 3. The molecule has 4 heteroatoms. The summed E-state index contributed by atoms with van der Waals surface area (Å²) in [6.07, 6.45) is 0.357. The van der Waals surface area contributed by atoms with Gasteiger partial charge in [0.25, 0.3) is 0 Å². The van der Waals surface area contributed by atoms with Crippen molar-refractivity contribution < 1.29 is 13.5 Å². The van der Waals surface area contributed by atoms with Gasteiger partial charge in [0.15, 0.2) is 0 Å². The maximum atomic E-state index is 13.4. The molecule has 1 aliphatic rings. The van der Waals surface area contributed by atoms with Crippen molar-refractivity contribution in [3.05, 3.63) is 29.3 Å². The third-order valence-electron chi connectivity index (χ3n) is 2.94. The zero-order valence-electron chi connectivity index (χ0n) is 10.3. The Morgan fingerprint density at radius 1 is 1.24 bits per heavy atom. The van der Waals surface area contributed by atoms with E-state index in [1.165, 1.54) is 19.1 Å². The van der Waals surface area contributed by atoms with Crippen LogP contribution < -0.4 is 4.90 Å². The summed E-state index contributed by atoms with van der Waals surface area (Å²) in [6.45, 7) is 6.79. The molecule has 1 aromatic carbocycles. The van der Waals surface area contributed by atoms with Crippen LogP contribution in [0, 0.1) is 18.6 Å². The number of nitrogens with zero attached hydrogens (tertiary/aromatic N) is 1. The summed E-state index contributed by atoms with van der Waals surface area (Å²) in [6, 6.07) is 2.76. The summed E-state index contributed by atoms with van der Waals surface area (Å²) < 4.78 is 32.3. The summed E-state index contributed by atoms with van der Waals surface area (Å²) in [5, 5.41) is 0. The van der Waals surface area contributed by atoms with Crippen LogP contribution in [0.1, 0.15) is 19.4 Å². The van der Waals surface area contributed by atoms with E-state index in [1.54, 1.807) is 0 Å². The molecule has 0 aliphatic carbocycles. The van der Waals surface area contributed by atoms with Gasteiger partial charge in [0.05, 0.1) is 12.2 Å². The Morgan fingerprint density at radius 3 is 2.24 bits per heavy atom. The molecule has 2 rings (SSSR count). The average Bonchev–Trinajstić information content (AvgIpc) is 2.18. The third-order valence-corrected chi connectivity index (χ3v) is 2.94. The second kappa shape index (κ2) is 4.61. The highest BCUT2D eigenvalue weighted by atomic mass is 19.1. The maximum Gasteiger partial charge on any atom is 0.131 e. The van der Waals surface area contributed by atoms with Gasteiger partial charge in [-0.1, -0.05) is 0 Å². The third kappa shape index (κ3) is 2.57. The minimum Gasteiger partial charge on any atom is -0.372 e. The molecule has 17 heavy (non-hydrogen) atoms. The molecule has 0 spiro atoms. The molecule has 94 valence electrons. The van der Waals surface area contributed by atoms with Crippen molar-refractivity contribution in [2.24, 2.45) is 0 Å². The predicted molar refractivity (Wildman–Crippen MR) is 63.3 cm³/mol. The maximum absolute atomic E-state index is 13.4. The Balaban J connectivity index is 2.02. The molecular weight excluding hydrogens is 224 g/mol. The highest BCUT2D eigenvalue weighted by molar-refractivity contribution is 5.51. The van der Waals surface area contributed by atoms with Crippen LogP contribution in [0.15, 0.2) is 12.1 Å². The lowest BCUT2D eigenvalue weighted by molar-refractivity contribution is -0.00722. The fourth-order valence-corrected chi connectivity index (χ4v) is 1.93. The molecule has 1 aromatic rings. The lowest BCUT2D eigenvalue weighted by Crippen LogP contribution is -2.53. The van der Waals surface area contributed by atoms with Gasteiger partial charge in [-0.15, -0.1) is 0 Å². The zero-order chi connectivity index (χ0) is 12.6. The van der Waals surface area contributed by atoms with E-state index < -0.39 is 11.6 Å². The Labute approximate surface area is 100 Å². The van der Waals surface area contributed by atoms with Crippen molar-refractivity contribution >= 4 is 5.69 Å². The van der Waals surface area contributed by atoms with Gasteiger partial charge in [0.2, 0.25) is 0 Å². The standard InChI is InChI=1S/C13H17F2NO/c1-8(2)17-11-6-16(7-11)10-4-12(14)9(3)13(15)5-10/h4-5,8,11H,6-7H2,1-3H3. The van der Waals surface area contributed by atoms with Crippen molar-refractivity contribution in [1.29, 1.82) is 0 Å². The van der Waals surface area contributed by atoms with E-state index in [0.717, 1.165) is 0 Å². The first-order valence-electron chi connectivity index (χ1n) is 5.83. The predicted octanol–water partition coefficient (Wildman–Crippen LogP) is 2.89. The van der Waals surface area contributed by atoms with Crippen LogP contribution in [0.25, 0.3) is 0 Å². The lowest BCUT2D eigenvalue weighted by atomic mass is 10.1. The Morgan fingerprint density at radius 2 is 1.76 bits per heavy atom. The van der Waals surface area contributed by atoms with Gasteiger partial charge in [-0.25, -0.2) is 8.78 Å². The number of anilines is 1. The SMILES string of the molecule is Cc1c(F)cc(N2CC(OC(C)C)C2)cc1F. The number of hydrogen-bond acceptors (Lipinski definition) is 2. The molecule has 1 aliphatic heterocycles. The topological polar surface area (TPSA) is 12.5 Å². The second-order valence-corrected chi connectivity index (χ2v) is 4.75. The fourth-order valence-electron chi connectivity index (χ4n) is 1.93. The Bertz CT molecular complexity index is 391. The van der Waals surface area contributed by atoms with Crippen molar-refractivity contribution in [2.45, 2.75) is 33.0 Å². The van der Waals surface area contributed by atoms with Gasteiger partial charge in [0, 0.05) is 24.3 Å². The van der Waals surface area contributed by atoms with E-state index in [-0.39, 0.29) is 17.8 Å². The lowest BCUT2D eigenvalue weighted by Gasteiger charge is -2.41. The molecule has 0 aromatic heterocycles. The first-order chi connectivity index (χ1) is 7.97. The monoisotopic (exact) mass is 241 g/mol. The summed E-state index contributed by atoms with van der Waals surface area (Å²) in [7, 11) is 0. The van der Waals surface area contributed by atoms with Crippen LogP contribution in [-0.4, -0.2) is 25.3 Å². The summed E-state index contributed by atoms with van der Waals surface area (Å²) >= 11 is 0. The molecule has 0 radical (unpaired) electrons. The summed E-state index contributed by atoms with van der Waals surface area (Å²) in [5.74, 6) is -0.985. The molecule has 0 N–H and O–H groups in total. The molecular formula is C13H17F2NO. The minimum absolute atomic E-state index is 0.0734. The van der Waals surface area contributed by atoms with Gasteiger partial charge < -0.3 is 9.64 Å². The Hall–Kier alpha value is -1.16. The van der Waals surface area contributed by atoms with Crippen LogP contribution in [0.5, 0.6) is 0 Å². The number of hydrogen-bond donors (Lipinski definition) is 0. The zero-order valence-corrected chi connectivity index (χ0v) is 10.3. The van der Waals surface area contributed by atoms with Crippen molar-refractivity contribution in [3.63, 3.8) is 0 Å². The summed E-state index contributed by atoms with van der Waals surface area (Å²) in [5.41, 5.74) is 0.665. The molecule has 0 atom stereocenters. The van der Waals surface area contributed by atoms with Crippen LogP contribution in [0.3, 0.4) is 0 Å². The molecule has 1 heterocycles. The minimum atomic E-state index is -0.492. The highest BCUT2D eigenvalue weighted by Gasteiger charge is 2.29. The van der Waals surface area contributed by atoms with E-state index >= 15 is 0 Å². The van der Waals surface area contributed by atoms with E-state index in [0.29, 0.717) is 18.8 Å². The van der Waals surface area contributed by atoms with Gasteiger partial charge in [-0.2, -0.15) is 0 Å². The smallest absolute Gasteiger partial charge is 0.131 e. The molecule has 2 nitrogen and oxygen atoms in total. The van der Waals surface area contributed by atoms with Crippen LogP contribution in [0.2, 0.25) is 0 Å². The van der Waals surface area contributed by atoms with Crippen molar-refractivity contribution in [3.8, 4) is 0 Å².